The number of hydrogen-bond donors (Lipinski definition) is 0. The molecule has 116 valence electrons. The van der Waals surface area contributed by atoms with Crippen LogP contribution >= 0.6 is 0 Å². The summed E-state index contributed by atoms with van der Waals surface area (Å²) >= 11 is 0. The Labute approximate surface area is 133 Å². The highest BCUT2D eigenvalue weighted by Crippen LogP contribution is 2.25. The van der Waals surface area contributed by atoms with Gasteiger partial charge in [0.2, 0.25) is 0 Å². The molecule has 0 saturated carbocycles. The van der Waals surface area contributed by atoms with Crippen LogP contribution in [0.3, 0.4) is 0 Å². The Balaban J connectivity index is 1.78. The molecule has 3 aromatic carbocycles. The lowest BCUT2D eigenvalue weighted by molar-refractivity contribution is -0.133. The van der Waals surface area contributed by atoms with E-state index in [-0.39, 0.29) is 6.42 Å². The van der Waals surface area contributed by atoms with Gasteiger partial charge in [-0.25, -0.2) is 4.39 Å². The fourth-order valence-electron chi connectivity index (χ4n) is 2.36. The fraction of sp³-hybridized carbons (Fsp3) is 0.105. The summed E-state index contributed by atoms with van der Waals surface area (Å²) in [4.78, 5) is 12.0. The molecule has 3 nitrogen and oxygen atoms in total. The lowest BCUT2D eigenvalue weighted by Crippen LogP contribution is -2.12. The molecule has 23 heavy (non-hydrogen) atoms. The second kappa shape index (κ2) is 6.48. The van der Waals surface area contributed by atoms with Crippen LogP contribution in [0, 0.1) is 5.82 Å². The maximum atomic E-state index is 13.6. The minimum absolute atomic E-state index is 0.108. The normalized spacial score (nSPS) is 10.5. The molecule has 3 rings (SSSR count). The van der Waals surface area contributed by atoms with Gasteiger partial charge in [0, 0.05) is 0 Å². The topological polar surface area (TPSA) is 35.5 Å². The van der Waals surface area contributed by atoms with Crippen LogP contribution in [-0.4, -0.2) is 13.1 Å². The number of halogens is 1. The van der Waals surface area contributed by atoms with E-state index in [1.807, 2.05) is 24.3 Å². The highest BCUT2D eigenvalue weighted by molar-refractivity contribution is 5.86. The van der Waals surface area contributed by atoms with E-state index >= 15 is 0 Å². The number of carbonyl (C=O) groups excluding carboxylic acids is 1. The molecule has 0 saturated heterocycles. The van der Waals surface area contributed by atoms with Gasteiger partial charge >= 0.3 is 5.97 Å². The molecule has 0 atom stereocenters. The van der Waals surface area contributed by atoms with Crippen molar-refractivity contribution < 1.29 is 18.7 Å². The van der Waals surface area contributed by atoms with Crippen molar-refractivity contribution in [2.45, 2.75) is 6.42 Å². The van der Waals surface area contributed by atoms with Crippen molar-refractivity contribution in [1.29, 1.82) is 0 Å². The predicted octanol–water partition coefficient (Wildman–Crippen LogP) is 4.14. The van der Waals surface area contributed by atoms with Crippen LogP contribution in [0.15, 0.2) is 60.7 Å². The fourth-order valence-corrected chi connectivity index (χ4v) is 2.36. The second-order valence-electron chi connectivity index (χ2n) is 5.12. The van der Waals surface area contributed by atoms with Crippen molar-refractivity contribution in [3.63, 3.8) is 0 Å². The first-order chi connectivity index (χ1) is 11.2. The van der Waals surface area contributed by atoms with E-state index in [2.05, 4.69) is 0 Å². The van der Waals surface area contributed by atoms with Gasteiger partial charge in [-0.05, 0) is 46.7 Å². The van der Waals surface area contributed by atoms with Crippen molar-refractivity contribution >= 4 is 16.7 Å². The van der Waals surface area contributed by atoms with Gasteiger partial charge in [0.25, 0.3) is 0 Å². The summed E-state index contributed by atoms with van der Waals surface area (Å²) in [5.74, 6) is 0.240. The maximum Gasteiger partial charge on any atom is 0.315 e. The largest absolute Gasteiger partial charge is 0.497 e. The van der Waals surface area contributed by atoms with Crippen LogP contribution in [0.5, 0.6) is 11.5 Å². The summed E-state index contributed by atoms with van der Waals surface area (Å²) in [7, 11) is 1.60. The molecule has 0 fully saturated rings. The van der Waals surface area contributed by atoms with Crippen molar-refractivity contribution in [3.8, 4) is 11.5 Å². The highest BCUT2D eigenvalue weighted by Gasteiger charge is 2.10. The SMILES string of the molecule is COc1ccc2ccc(OC(=O)Cc3ccccc3F)cc2c1. The zero-order valence-corrected chi connectivity index (χ0v) is 12.6. The van der Waals surface area contributed by atoms with E-state index in [1.165, 1.54) is 6.07 Å². The van der Waals surface area contributed by atoms with E-state index < -0.39 is 11.8 Å². The van der Waals surface area contributed by atoms with Crippen molar-refractivity contribution in [1.82, 2.24) is 0 Å². The number of benzene rings is 3. The highest BCUT2D eigenvalue weighted by atomic mass is 19.1. The number of ether oxygens (including phenoxy) is 2. The van der Waals surface area contributed by atoms with Gasteiger partial charge in [0.05, 0.1) is 13.5 Å². The smallest absolute Gasteiger partial charge is 0.315 e. The molecule has 0 aliphatic rings. The average molecular weight is 310 g/mol. The quantitative estimate of drug-likeness (QED) is 0.537. The number of hydrogen-bond acceptors (Lipinski definition) is 3. The summed E-state index contributed by atoms with van der Waals surface area (Å²) in [5, 5.41) is 1.92. The van der Waals surface area contributed by atoms with Gasteiger partial charge in [0.1, 0.15) is 17.3 Å². The van der Waals surface area contributed by atoms with Gasteiger partial charge < -0.3 is 9.47 Å². The summed E-state index contributed by atoms with van der Waals surface area (Å²) < 4.78 is 24.1. The van der Waals surface area contributed by atoms with Gasteiger partial charge in [-0.1, -0.05) is 30.3 Å². The van der Waals surface area contributed by atoms with Crippen molar-refractivity contribution in [3.05, 3.63) is 72.0 Å². The molecular weight excluding hydrogens is 295 g/mol. The van der Waals surface area contributed by atoms with Crippen LogP contribution in [0.1, 0.15) is 5.56 Å². The molecule has 0 spiro atoms. The molecule has 0 aliphatic carbocycles. The zero-order chi connectivity index (χ0) is 16.2. The molecule has 0 unspecified atom stereocenters. The molecular formula is C19H15FO3. The molecule has 0 N–H and O–H groups in total. The Morgan fingerprint density at radius 2 is 1.65 bits per heavy atom. The summed E-state index contributed by atoms with van der Waals surface area (Å²) in [6, 6.07) is 17.2. The third kappa shape index (κ3) is 3.48. The van der Waals surface area contributed by atoms with Gasteiger partial charge in [0.15, 0.2) is 0 Å². The summed E-state index contributed by atoms with van der Waals surface area (Å²) in [5.41, 5.74) is 0.319. The van der Waals surface area contributed by atoms with Crippen LogP contribution in [-0.2, 0) is 11.2 Å². The van der Waals surface area contributed by atoms with E-state index in [0.29, 0.717) is 11.3 Å². The Hall–Kier alpha value is -2.88. The van der Waals surface area contributed by atoms with Crippen LogP contribution in [0.25, 0.3) is 10.8 Å². The average Bonchev–Trinajstić information content (AvgIpc) is 2.56. The standard InChI is InChI=1S/C19H15FO3/c1-22-16-8-6-13-7-9-17(11-15(13)10-16)23-19(21)12-14-4-2-3-5-18(14)20/h2-11H,12H2,1H3. The molecule has 0 radical (unpaired) electrons. The molecule has 4 heteroatoms. The van der Waals surface area contributed by atoms with E-state index in [4.69, 9.17) is 9.47 Å². The van der Waals surface area contributed by atoms with E-state index in [1.54, 1.807) is 37.4 Å². The van der Waals surface area contributed by atoms with Crippen molar-refractivity contribution in [2.75, 3.05) is 7.11 Å². The van der Waals surface area contributed by atoms with Crippen LogP contribution in [0.2, 0.25) is 0 Å². The van der Waals surface area contributed by atoms with Crippen LogP contribution in [0.4, 0.5) is 4.39 Å². The Morgan fingerprint density at radius 1 is 0.957 bits per heavy atom. The molecule has 0 amide bonds. The number of methoxy groups -OCH3 is 1. The number of esters is 1. The van der Waals surface area contributed by atoms with Gasteiger partial charge in [-0.2, -0.15) is 0 Å². The third-order valence-corrected chi connectivity index (χ3v) is 3.54. The maximum absolute atomic E-state index is 13.6. The van der Waals surface area contributed by atoms with E-state index in [9.17, 15) is 9.18 Å². The lowest BCUT2D eigenvalue weighted by Gasteiger charge is -2.07. The zero-order valence-electron chi connectivity index (χ0n) is 12.6. The second-order valence-corrected chi connectivity index (χ2v) is 5.12. The minimum atomic E-state index is -0.502. The number of fused-ring (bicyclic) bond motifs is 1. The Bertz CT molecular complexity index is 858. The van der Waals surface area contributed by atoms with Crippen molar-refractivity contribution in [2.24, 2.45) is 0 Å². The van der Waals surface area contributed by atoms with Crippen LogP contribution < -0.4 is 9.47 Å². The third-order valence-electron chi connectivity index (χ3n) is 3.54. The molecule has 3 aromatic rings. The first-order valence-electron chi connectivity index (χ1n) is 7.17. The first kappa shape index (κ1) is 15.0. The molecule has 0 aliphatic heterocycles. The Kier molecular flexibility index (Phi) is 4.24. The summed E-state index contributed by atoms with van der Waals surface area (Å²) in [6.45, 7) is 0. The number of carbonyl (C=O) groups is 1. The predicted molar refractivity (Wildman–Crippen MR) is 86.2 cm³/mol. The monoisotopic (exact) mass is 310 g/mol. The minimum Gasteiger partial charge on any atom is -0.497 e. The molecule has 0 heterocycles. The van der Waals surface area contributed by atoms with Gasteiger partial charge in [-0.15, -0.1) is 0 Å². The first-order valence-corrected chi connectivity index (χ1v) is 7.17. The van der Waals surface area contributed by atoms with Gasteiger partial charge in [-0.3, -0.25) is 4.79 Å². The van der Waals surface area contributed by atoms with E-state index in [0.717, 1.165) is 16.5 Å². The number of rotatable bonds is 4. The Morgan fingerprint density at radius 3 is 2.39 bits per heavy atom. The summed E-state index contributed by atoms with van der Waals surface area (Å²) in [6.07, 6.45) is -0.108. The lowest BCUT2D eigenvalue weighted by atomic mass is 10.1. The molecule has 0 bridgehead atoms. The molecule has 0 aromatic heterocycles.